The molecule has 132 valence electrons. The summed E-state index contributed by atoms with van der Waals surface area (Å²) in [6.07, 6.45) is 4.61. The van der Waals surface area contributed by atoms with Crippen molar-refractivity contribution in [2.75, 3.05) is 7.11 Å². The van der Waals surface area contributed by atoms with Crippen molar-refractivity contribution in [3.63, 3.8) is 0 Å². The van der Waals surface area contributed by atoms with Crippen LogP contribution in [0, 0.1) is 11.3 Å². The predicted molar refractivity (Wildman–Crippen MR) is 97.6 cm³/mol. The quantitative estimate of drug-likeness (QED) is 0.809. The van der Waals surface area contributed by atoms with E-state index in [2.05, 4.69) is 16.9 Å². The van der Waals surface area contributed by atoms with Crippen molar-refractivity contribution in [1.29, 1.82) is 5.26 Å². The number of aryl methyl sites for hydroxylation is 1. The van der Waals surface area contributed by atoms with Crippen LogP contribution in [0.5, 0.6) is 11.5 Å². The van der Waals surface area contributed by atoms with Crippen molar-refractivity contribution in [3.05, 3.63) is 59.2 Å². The van der Waals surface area contributed by atoms with Gasteiger partial charge in [0.15, 0.2) is 6.29 Å². The molecule has 0 saturated heterocycles. The van der Waals surface area contributed by atoms with Gasteiger partial charge >= 0.3 is 0 Å². The lowest BCUT2D eigenvalue weighted by Crippen LogP contribution is -2.06. The second-order valence-corrected chi connectivity index (χ2v) is 5.96. The fourth-order valence-electron chi connectivity index (χ4n) is 2.77. The molecule has 0 aromatic heterocycles. The fraction of sp³-hybridized carbons (Fsp3) is 0.381. The maximum absolute atomic E-state index is 8.75. The van der Waals surface area contributed by atoms with E-state index >= 15 is 0 Å². The summed E-state index contributed by atoms with van der Waals surface area (Å²) >= 11 is 0. The van der Waals surface area contributed by atoms with Gasteiger partial charge in [-0.15, -0.1) is 0 Å². The first-order valence-corrected chi connectivity index (χ1v) is 8.67. The zero-order valence-electron chi connectivity index (χ0n) is 14.9. The summed E-state index contributed by atoms with van der Waals surface area (Å²) in [5.74, 6) is 1.74. The number of nitrogens with zero attached hydrogens (tertiary/aromatic N) is 1. The number of methoxy groups -OCH3 is 1. The molecule has 0 aliphatic heterocycles. The molecular weight excluding hydrogens is 314 g/mol. The van der Waals surface area contributed by atoms with Crippen LogP contribution in [0.25, 0.3) is 0 Å². The molecule has 0 bridgehead atoms. The van der Waals surface area contributed by atoms with E-state index in [9.17, 15) is 0 Å². The molecule has 1 N–H and O–H groups in total. The molecule has 0 heterocycles. The van der Waals surface area contributed by atoms with Crippen molar-refractivity contribution in [3.8, 4) is 17.6 Å². The van der Waals surface area contributed by atoms with Crippen molar-refractivity contribution in [1.82, 2.24) is 0 Å². The summed E-state index contributed by atoms with van der Waals surface area (Å²) in [6, 6.07) is 15.6. The van der Waals surface area contributed by atoms with E-state index in [-0.39, 0.29) is 0 Å². The molecule has 0 saturated carbocycles. The Kier molecular flexibility index (Phi) is 7.46. The van der Waals surface area contributed by atoms with E-state index < -0.39 is 6.29 Å². The molecule has 2 aromatic rings. The smallest absolute Gasteiger partial charge is 0.154 e. The van der Waals surface area contributed by atoms with Crippen molar-refractivity contribution >= 4 is 0 Å². The van der Waals surface area contributed by atoms with E-state index in [4.69, 9.17) is 15.1 Å². The summed E-state index contributed by atoms with van der Waals surface area (Å²) in [7, 11) is 1.50. The van der Waals surface area contributed by atoms with E-state index in [0.717, 1.165) is 37.2 Å². The number of ether oxygens (including phenoxy) is 2. The molecule has 1 unspecified atom stereocenters. The Hall–Kier alpha value is -2.35. The number of nitriles is 1. The Morgan fingerprint density at radius 2 is 1.92 bits per heavy atom. The van der Waals surface area contributed by atoms with Crippen LogP contribution in [-0.2, 0) is 17.6 Å². The third-order valence-electron chi connectivity index (χ3n) is 4.12. The van der Waals surface area contributed by atoms with E-state index in [1.165, 1.54) is 24.7 Å². The lowest BCUT2D eigenvalue weighted by molar-refractivity contribution is -0.0783. The number of aliphatic hydroxyl groups excluding tert-OH is 1. The second-order valence-electron chi connectivity index (χ2n) is 5.96. The van der Waals surface area contributed by atoms with E-state index in [1.807, 2.05) is 31.2 Å². The van der Waals surface area contributed by atoms with E-state index in [0.29, 0.717) is 5.56 Å². The van der Waals surface area contributed by atoms with Gasteiger partial charge in [-0.25, -0.2) is 0 Å². The molecule has 3 rings (SSSR count). The van der Waals surface area contributed by atoms with Gasteiger partial charge in [-0.1, -0.05) is 25.5 Å². The van der Waals surface area contributed by atoms with Crippen molar-refractivity contribution in [2.24, 2.45) is 0 Å². The van der Waals surface area contributed by atoms with Gasteiger partial charge < -0.3 is 14.6 Å². The first kappa shape index (κ1) is 19.0. The number of benzene rings is 2. The molecule has 4 nitrogen and oxygen atoms in total. The predicted octanol–water partition coefficient (Wildman–Crippen LogP) is 4.59. The molecule has 0 radical (unpaired) electrons. The van der Waals surface area contributed by atoms with Crippen LogP contribution in [0.15, 0.2) is 42.5 Å². The first-order valence-electron chi connectivity index (χ1n) is 8.67. The van der Waals surface area contributed by atoms with Gasteiger partial charge in [-0.3, -0.25) is 0 Å². The summed E-state index contributed by atoms with van der Waals surface area (Å²) in [4.78, 5) is 0. The Morgan fingerprint density at radius 3 is 2.52 bits per heavy atom. The Bertz CT molecular complexity index is 704. The Labute approximate surface area is 149 Å². The van der Waals surface area contributed by atoms with Gasteiger partial charge in [-0.05, 0) is 67.1 Å². The highest BCUT2D eigenvalue weighted by Gasteiger charge is 2.15. The van der Waals surface area contributed by atoms with Gasteiger partial charge in [0, 0.05) is 7.11 Å². The van der Waals surface area contributed by atoms with Crippen molar-refractivity contribution < 1.29 is 14.6 Å². The molecule has 0 spiro atoms. The highest BCUT2D eigenvalue weighted by molar-refractivity contribution is 5.46. The molecule has 25 heavy (non-hydrogen) atoms. The molecule has 1 aliphatic rings. The first-order chi connectivity index (χ1) is 12.2. The molecule has 2 aromatic carbocycles. The summed E-state index contributed by atoms with van der Waals surface area (Å²) < 4.78 is 10.5. The summed E-state index contributed by atoms with van der Waals surface area (Å²) in [5, 5.41) is 17.4. The summed E-state index contributed by atoms with van der Waals surface area (Å²) in [5.41, 5.74) is 3.39. The maximum atomic E-state index is 8.75. The van der Waals surface area contributed by atoms with Crippen LogP contribution >= 0.6 is 0 Å². The molecule has 0 amide bonds. The van der Waals surface area contributed by atoms with Gasteiger partial charge in [-0.2, -0.15) is 5.26 Å². The normalized spacial score (nSPS) is 13.2. The highest BCUT2D eigenvalue weighted by atomic mass is 16.6. The van der Waals surface area contributed by atoms with Crippen LogP contribution in [0.3, 0.4) is 0 Å². The van der Waals surface area contributed by atoms with E-state index in [1.54, 1.807) is 12.1 Å². The number of rotatable bonds is 5. The average Bonchev–Trinajstić information content (AvgIpc) is 3.13. The highest BCUT2D eigenvalue weighted by Crippen LogP contribution is 2.33. The largest absolute Gasteiger partial charge is 0.457 e. The van der Waals surface area contributed by atoms with Gasteiger partial charge in [0.25, 0.3) is 0 Å². The van der Waals surface area contributed by atoms with Gasteiger partial charge in [0.2, 0.25) is 0 Å². The van der Waals surface area contributed by atoms with Crippen LogP contribution in [-0.4, -0.2) is 18.5 Å². The zero-order valence-corrected chi connectivity index (χ0v) is 14.9. The minimum Gasteiger partial charge on any atom is -0.457 e. The molecule has 0 fully saturated rings. The molecule has 1 aliphatic carbocycles. The van der Waals surface area contributed by atoms with Gasteiger partial charge in [0.05, 0.1) is 11.6 Å². The molecule has 4 heteroatoms. The minimum atomic E-state index is -0.551. The number of hydrogen-bond donors (Lipinski definition) is 1. The van der Waals surface area contributed by atoms with Crippen LogP contribution in [0.2, 0.25) is 0 Å². The Morgan fingerprint density at radius 1 is 1.16 bits per heavy atom. The topological polar surface area (TPSA) is 62.5 Å². The number of hydrogen-bond acceptors (Lipinski definition) is 4. The lowest BCUT2D eigenvalue weighted by Gasteiger charge is -2.10. The SMILES string of the molecule is CCCC(O)OC.N#Cc1ccc(Oc2cccc3c2CCC3)cc1. The fourth-order valence-corrected chi connectivity index (χ4v) is 2.77. The second kappa shape index (κ2) is 9.83. The summed E-state index contributed by atoms with van der Waals surface area (Å²) in [6.45, 7) is 2.00. The minimum absolute atomic E-state index is 0.551. The third-order valence-corrected chi connectivity index (χ3v) is 4.12. The Balaban J connectivity index is 0.000000277. The van der Waals surface area contributed by atoms with Gasteiger partial charge in [0.1, 0.15) is 11.5 Å². The molecule has 1 atom stereocenters. The third kappa shape index (κ3) is 5.60. The van der Waals surface area contributed by atoms with Crippen LogP contribution in [0.1, 0.15) is 42.9 Å². The lowest BCUT2D eigenvalue weighted by atomic mass is 10.1. The zero-order chi connectivity index (χ0) is 18.1. The van der Waals surface area contributed by atoms with Crippen LogP contribution in [0.4, 0.5) is 0 Å². The standard InChI is InChI=1S/C16H13NO.C5H12O2/c17-11-12-7-9-14(10-8-12)18-16-6-2-4-13-3-1-5-15(13)16;1-3-4-5(6)7-2/h2,4,6-10H,1,3,5H2;5-6H,3-4H2,1-2H3. The molecular formula is C21H25NO3. The van der Waals surface area contributed by atoms with Crippen LogP contribution < -0.4 is 4.74 Å². The number of fused-ring (bicyclic) bond motifs is 1. The van der Waals surface area contributed by atoms with Crippen molar-refractivity contribution in [2.45, 2.75) is 45.3 Å². The maximum Gasteiger partial charge on any atom is 0.154 e. The monoisotopic (exact) mass is 339 g/mol. The number of aliphatic hydroxyl groups is 1. The average molecular weight is 339 g/mol.